The third-order valence-electron chi connectivity index (χ3n) is 1.27. The molecule has 0 bridgehead atoms. The van der Waals surface area contributed by atoms with Crippen molar-refractivity contribution in [3.63, 3.8) is 0 Å². The Morgan fingerprint density at radius 2 is 2.25 bits per heavy atom. The maximum absolute atomic E-state index is 10.4. The fourth-order valence-corrected chi connectivity index (χ4v) is 1.78. The van der Waals surface area contributed by atoms with Crippen LogP contribution in [0.3, 0.4) is 0 Å². The Labute approximate surface area is 91.7 Å². The van der Waals surface area contributed by atoms with Crippen LogP contribution >= 0.6 is 34.2 Å². The van der Waals surface area contributed by atoms with Gasteiger partial charge in [-0.25, -0.2) is 4.21 Å². The first kappa shape index (κ1) is 10.4. The largest absolute Gasteiger partial charge is 0.306 e. The van der Waals surface area contributed by atoms with Gasteiger partial charge in [0.2, 0.25) is 0 Å². The summed E-state index contributed by atoms with van der Waals surface area (Å²) >= 11 is 6.12. The number of benzene rings is 1. The first-order valence-electron chi connectivity index (χ1n) is 3.11. The molecule has 66 valence electrons. The first-order valence-corrected chi connectivity index (χ1v) is 5.84. The lowest BCUT2D eigenvalue weighted by atomic mass is 10.2. The van der Waals surface area contributed by atoms with Crippen LogP contribution in [-0.4, -0.2) is 8.76 Å². The minimum Gasteiger partial charge on any atom is -0.306 e. The molecule has 12 heavy (non-hydrogen) atoms. The summed E-state index contributed by atoms with van der Waals surface area (Å²) in [5.41, 5.74) is 0.779. The molecule has 2 nitrogen and oxygen atoms in total. The van der Waals surface area contributed by atoms with Gasteiger partial charge in [-0.1, -0.05) is 17.7 Å². The molecule has 0 saturated heterocycles. The quantitative estimate of drug-likeness (QED) is 0.673. The van der Waals surface area contributed by atoms with E-state index in [1.165, 1.54) is 0 Å². The van der Waals surface area contributed by atoms with Crippen LogP contribution in [0.2, 0.25) is 5.02 Å². The lowest BCUT2D eigenvalue weighted by molar-refractivity contribution is 0.563. The zero-order chi connectivity index (χ0) is 9.14. The van der Waals surface area contributed by atoms with Gasteiger partial charge in [0.1, 0.15) is 0 Å². The van der Waals surface area contributed by atoms with E-state index in [4.69, 9.17) is 16.2 Å². The lowest BCUT2D eigenvalue weighted by Gasteiger charge is -1.99. The summed E-state index contributed by atoms with van der Waals surface area (Å²) in [6.07, 6.45) is 0. The van der Waals surface area contributed by atoms with Gasteiger partial charge in [0.25, 0.3) is 0 Å². The molecular weight excluding hydrogens is 310 g/mol. The molecule has 0 fully saturated rings. The molecule has 1 rings (SSSR count). The van der Waals surface area contributed by atoms with Crippen LogP contribution in [0.5, 0.6) is 0 Å². The molecule has 1 N–H and O–H groups in total. The molecule has 0 aromatic heterocycles. The highest BCUT2D eigenvalue weighted by Crippen LogP contribution is 2.19. The van der Waals surface area contributed by atoms with E-state index in [9.17, 15) is 4.21 Å². The van der Waals surface area contributed by atoms with Crippen LogP contribution in [0.25, 0.3) is 0 Å². The normalized spacial score (nSPS) is 12.9. The van der Waals surface area contributed by atoms with Gasteiger partial charge in [-0.2, -0.15) is 0 Å². The van der Waals surface area contributed by atoms with Gasteiger partial charge in [-0.15, -0.1) is 0 Å². The van der Waals surface area contributed by atoms with Crippen molar-refractivity contribution in [1.82, 2.24) is 0 Å². The van der Waals surface area contributed by atoms with Crippen molar-refractivity contribution >= 4 is 45.3 Å². The highest BCUT2D eigenvalue weighted by Gasteiger charge is 2.01. The Morgan fingerprint density at radius 3 is 2.75 bits per heavy atom. The zero-order valence-corrected chi connectivity index (χ0v) is 9.69. The molecule has 1 unspecified atom stereocenters. The molecule has 1 aromatic carbocycles. The smallest absolute Gasteiger partial charge is 0.157 e. The minimum atomic E-state index is -1.79. The molecule has 5 heteroatoms. The second kappa shape index (κ2) is 4.55. The van der Waals surface area contributed by atoms with Crippen molar-refractivity contribution in [3.8, 4) is 0 Å². The average Bonchev–Trinajstić information content (AvgIpc) is 1.96. The summed E-state index contributed by atoms with van der Waals surface area (Å²) in [5.74, 6) is 0.136. The van der Waals surface area contributed by atoms with Crippen molar-refractivity contribution in [2.24, 2.45) is 0 Å². The average molecular weight is 317 g/mol. The van der Waals surface area contributed by atoms with E-state index in [2.05, 4.69) is 22.6 Å². The fraction of sp³-hybridized carbons (Fsp3) is 0.143. The van der Waals surface area contributed by atoms with Crippen molar-refractivity contribution in [2.75, 3.05) is 0 Å². The molecule has 1 aromatic rings. The topological polar surface area (TPSA) is 37.3 Å². The first-order chi connectivity index (χ1) is 5.59. The van der Waals surface area contributed by atoms with Gasteiger partial charge < -0.3 is 4.55 Å². The molecule has 0 aliphatic heterocycles. The fourth-order valence-electron chi connectivity index (χ4n) is 0.772. The SMILES string of the molecule is O=S(O)Cc1ccc(I)c(Cl)c1. The third kappa shape index (κ3) is 3.01. The summed E-state index contributed by atoms with van der Waals surface area (Å²) in [7, 11) is 0. The van der Waals surface area contributed by atoms with Gasteiger partial charge >= 0.3 is 0 Å². The second-order valence-electron chi connectivity index (χ2n) is 2.21. The molecule has 0 amide bonds. The van der Waals surface area contributed by atoms with Gasteiger partial charge in [-0.05, 0) is 40.3 Å². The van der Waals surface area contributed by atoms with E-state index in [0.29, 0.717) is 5.02 Å². The summed E-state index contributed by atoms with van der Waals surface area (Å²) in [6, 6.07) is 5.32. The van der Waals surface area contributed by atoms with Crippen molar-refractivity contribution in [3.05, 3.63) is 32.4 Å². The van der Waals surface area contributed by atoms with Crippen molar-refractivity contribution < 1.29 is 8.76 Å². The molecule has 0 aliphatic carbocycles. The van der Waals surface area contributed by atoms with E-state index < -0.39 is 11.1 Å². The van der Waals surface area contributed by atoms with E-state index in [1.807, 2.05) is 6.07 Å². The van der Waals surface area contributed by atoms with Crippen LogP contribution in [0, 0.1) is 3.57 Å². The lowest BCUT2D eigenvalue weighted by Crippen LogP contribution is -1.92. The van der Waals surface area contributed by atoms with Crippen molar-refractivity contribution in [1.29, 1.82) is 0 Å². The second-order valence-corrected chi connectivity index (χ2v) is 4.72. The van der Waals surface area contributed by atoms with Crippen LogP contribution in [0.15, 0.2) is 18.2 Å². The molecule has 0 spiro atoms. The Balaban J connectivity index is 2.89. The predicted molar refractivity (Wildman–Crippen MR) is 58.6 cm³/mol. The van der Waals surface area contributed by atoms with Crippen molar-refractivity contribution in [2.45, 2.75) is 5.75 Å². The van der Waals surface area contributed by atoms with Gasteiger partial charge in [0.05, 0.1) is 10.8 Å². The Bertz CT molecular complexity index is 316. The number of halogens is 2. The summed E-state index contributed by atoms with van der Waals surface area (Å²) in [5, 5.41) is 0.624. The monoisotopic (exact) mass is 316 g/mol. The summed E-state index contributed by atoms with van der Waals surface area (Å²) in [6.45, 7) is 0. The van der Waals surface area contributed by atoms with Crippen LogP contribution < -0.4 is 0 Å². The molecule has 0 heterocycles. The molecule has 0 saturated carbocycles. The van der Waals surface area contributed by atoms with Gasteiger partial charge in [-0.3, -0.25) is 0 Å². The third-order valence-corrected chi connectivity index (χ3v) is 3.43. The standard InChI is InChI=1S/C7H6ClIO2S/c8-6-3-5(4-12(10)11)1-2-7(6)9/h1-3H,4H2,(H,10,11). The van der Waals surface area contributed by atoms with E-state index in [-0.39, 0.29) is 5.75 Å². The Morgan fingerprint density at radius 1 is 1.58 bits per heavy atom. The highest BCUT2D eigenvalue weighted by atomic mass is 127. The Hall–Kier alpha value is 0.350. The van der Waals surface area contributed by atoms with E-state index in [1.54, 1.807) is 12.1 Å². The van der Waals surface area contributed by atoms with Crippen LogP contribution in [0.1, 0.15) is 5.56 Å². The maximum Gasteiger partial charge on any atom is 0.157 e. The predicted octanol–water partition coefficient (Wildman–Crippen LogP) is 2.67. The minimum absolute atomic E-state index is 0.136. The molecule has 0 radical (unpaired) electrons. The molecule has 1 atom stereocenters. The zero-order valence-electron chi connectivity index (χ0n) is 5.96. The van der Waals surface area contributed by atoms with Gasteiger partial charge in [0.15, 0.2) is 11.1 Å². The highest BCUT2D eigenvalue weighted by molar-refractivity contribution is 14.1. The molecular formula is C7H6ClIO2S. The number of hydrogen-bond acceptors (Lipinski definition) is 1. The Kier molecular flexibility index (Phi) is 3.95. The maximum atomic E-state index is 10.4. The van der Waals surface area contributed by atoms with Crippen LogP contribution in [-0.2, 0) is 16.8 Å². The van der Waals surface area contributed by atoms with Gasteiger partial charge in [0, 0.05) is 3.57 Å². The van der Waals surface area contributed by atoms with E-state index in [0.717, 1.165) is 9.13 Å². The number of hydrogen-bond donors (Lipinski definition) is 1. The van der Waals surface area contributed by atoms with E-state index >= 15 is 0 Å². The summed E-state index contributed by atoms with van der Waals surface area (Å²) in [4.78, 5) is 0. The number of rotatable bonds is 2. The summed E-state index contributed by atoms with van der Waals surface area (Å²) < 4.78 is 20.0. The van der Waals surface area contributed by atoms with Crippen LogP contribution in [0.4, 0.5) is 0 Å². The molecule has 0 aliphatic rings.